The van der Waals surface area contributed by atoms with Gasteiger partial charge >= 0.3 is 5.97 Å². The van der Waals surface area contributed by atoms with Crippen LogP contribution in [-0.4, -0.2) is 41.2 Å². The highest BCUT2D eigenvalue weighted by Gasteiger charge is 2.27. The molecule has 0 heterocycles. The number of carbonyl (C=O) groups excluding carboxylic acids is 1. The van der Waals surface area contributed by atoms with E-state index in [1.807, 2.05) is 0 Å². The van der Waals surface area contributed by atoms with E-state index in [1.165, 1.54) is 0 Å². The van der Waals surface area contributed by atoms with Crippen molar-refractivity contribution in [2.24, 2.45) is 0 Å². The molecule has 80 valence electrons. The Kier molecular flexibility index (Phi) is 4.71. The third-order valence-corrected chi connectivity index (χ3v) is 1.13. The zero-order chi connectivity index (χ0) is 11.2. The van der Waals surface area contributed by atoms with Crippen molar-refractivity contribution in [3.05, 3.63) is 12.2 Å². The molecule has 0 rings (SSSR count). The quantitative estimate of drug-likeness (QED) is 0.526. The van der Waals surface area contributed by atoms with E-state index < -0.39 is 31.0 Å². The number of rotatable bonds is 5. The summed E-state index contributed by atoms with van der Waals surface area (Å²) in [7, 11) is 0. The van der Waals surface area contributed by atoms with Crippen molar-refractivity contribution in [2.45, 2.75) is 5.92 Å². The lowest BCUT2D eigenvalue weighted by Crippen LogP contribution is -2.38. The number of aliphatic hydroxyl groups excluding tert-OH is 1. The second kappa shape index (κ2) is 5.28. The van der Waals surface area contributed by atoms with Crippen molar-refractivity contribution in [3.63, 3.8) is 0 Å². The van der Waals surface area contributed by atoms with Crippen molar-refractivity contribution in [1.82, 2.24) is 5.32 Å². The van der Waals surface area contributed by atoms with Gasteiger partial charge in [0.25, 0.3) is 5.92 Å². The molecule has 0 aliphatic heterocycles. The predicted molar refractivity (Wildman–Crippen MR) is 41.8 cm³/mol. The summed E-state index contributed by atoms with van der Waals surface area (Å²) in [6, 6.07) is 0. The van der Waals surface area contributed by atoms with E-state index in [0.29, 0.717) is 12.2 Å². The van der Waals surface area contributed by atoms with E-state index in [2.05, 4.69) is 0 Å². The molecule has 0 aromatic heterocycles. The van der Waals surface area contributed by atoms with E-state index in [4.69, 9.17) is 10.2 Å². The smallest absolute Gasteiger partial charge is 0.328 e. The maximum Gasteiger partial charge on any atom is 0.328 e. The predicted octanol–water partition coefficient (Wildman–Crippen LogP) is -0.629. The van der Waals surface area contributed by atoms with Crippen LogP contribution in [0.3, 0.4) is 0 Å². The van der Waals surface area contributed by atoms with Crippen LogP contribution in [0.4, 0.5) is 8.78 Å². The van der Waals surface area contributed by atoms with E-state index >= 15 is 0 Å². The number of aliphatic carboxylic acids is 1. The van der Waals surface area contributed by atoms with Crippen LogP contribution in [0, 0.1) is 0 Å². The molecule has 5 nitrogen and oxygen atoms in total. The van der Waals surface area contributed by atoms with Gasteiger partial charge in [0, 0.05) is 12.2 Å². The lowest BCUT2D eigenvalue weighted by molar-refractivity contribution is -0.131. The number of amides is 1. The first-order chi connectivity index (χ1) is 6.37. The minimum absolute atomic E-state index is 0.520. The van der Waals surface area contributed by atoms with Gasteiger partial charge < -0.3 is 15.5 Å². The Bertz CT molecular complexity index is 252. The summed E-state index contributed by atoms with van der Waals surface area (Å²) in [6.45, 7) is -2.41. The van der Waals surface area contributed by atoms with Gasteiger partial charge in [0.2, 0.25) is 5.91 Å². The average molecular weight is 209 g/mol. The summed E-state index contributed by atoms with van der Waals surface area (Å²) in [6.07, 6.45) is 1.13. The number of halogens is 2. The third-order valence-electron chi connectivity index (χ3n) is 1.13. The molecule has 14 heavy (non-hydrogen) atoms. The fourth-order valence-electron chi connectivity index (χ4n) is 0.478. The number of hydrogen-bond acceptors (Lipinski definition) is 3. The second-order valence-electron chi connectivity index (χ2n) is 2.40. The Labute approximate surface area is 78.0 Å². The topological polar surface area (TPSA) is 86.6 Å². The second-order valence-corrected chi connectivity index (χ2v) is 2.40. The summed E-state index contributed by atoms with van der Waals surface area (Å²) in [5, 5.41) is 17.9. The number of nitrogens with one attached hydrogen (secondary N) is 1. The number of aliphatic hydroxyl groups is 1. The first-order valence-electron chi connectivity index (χ1n) is 3.55. The standard InChI is InChI=1S/C7H9F2NO4/c8-7(9,4-11)3-10-5(12)1-2-6(13)14/h1-2,11H,3-4H2,(H,10,12)(H,13,14)/b2-1+. The molecule has 0 spiro atoms. The van der Waals surface area contributed by atoms with Gasteiger partial charge in [0.1, 0.15) is 6.61 Å². The maximum atomic E-state index is 12.3. The van der Waals surface area contributed by atoms with E-state index in [0.717, 1.165) is 0 Å². The minimum Gasteiger partial charge on any atom is -0.478 e. The summed E-state index contributed by atoms with van der Waals surface area (Å²) < 4.78 is 24.6. The first kappa shape index (κ1) is 12.5. The molecular formula is C7H9F2NO4. The lowest BCUT2D eigenvalue weighted by Gasteiger charge is -2.12. The van der Waals surface area contributed by atoms with E-state index in [1.54, 1.807) is 5.32 Å². The summed E-state index contributed by atoms with van der Waals surface area (Å²) >= 11 is 0. The summed E-state index contributed by atoms with van der Waals surface area (Å²) in [5.41, 5.74) is 0. The van der Waals surface area contributed by atoms with Crippen molar-refractivity contribution >= 4 is 11.9 Å². The molecule has 0 aromatic rings. The van der Waals surface area contributed by atoms with Gasteiger partial charge in [-0.15, -0.1) is 0 Å². The number of carboxylic acid groups (broad SMARTS) is 1. The van der Waals surface area contributed by atoms with Crippen LogP contribution in [0.25, 0.3) is 0 Å². The van der Waals surface area contributed by atoms with Crippen molar-refractivity contribution in [3.8, 4) is 0 Å². The fourth-order valence-corrected chi connectivity index (χ4v) is 0.478. The average Bonchev–Trinajstić information content (AvgIpc) is 2.11. The molecule has 0 saturated heterocycles. The molecule has 0 unspecified atom stereocenters. The number of carboxylic acids is 1. The van der Waals surface area contributed by atoms with Gasteiger partial charge in [-0.3, -0.25) is 4.79 Å². The molecule has 3 N–H and O–H groups in total. The van der Waals surface area contributed by atoms with Crippen LogP contribution in [0.15, 0.2) is 12.2 Å². The van der Waals surface area contributed by atoms with Gasteiger partial charge in [-0.05, 0) is 0 Å². The molecule has 0 aromatic carbocycles. The largest absolute Gasteiger partial charge is 0.478 e. The number of alkyl halides is 2. The summed E-state index contributed by atoms with van der Waals surface area (Å²) in [5.74, 6) is -5.71. The van der Waals surface area contributed by atoms with Crippen LogP contribution < -0.4 is 5.32 Å². The van der Waals surface area contributed by atoms with Gasteiger partial charge in [0.15, 0.2) is 0 Å². The first-order valence-corrected chi connectivity index (χ1v) is 3.55. The molecular weight excluding hydrogens is 200 g/mol. The zero-order valence-electron chi connectivity index (χ0n) is 7.04. The van der Waals surface area contributed by atoms with Crippen LogP contribution in [-0.2, 0) is 9.59 Å². The minimum atomic E-state index is -3.40. The van der Waals surface area contributed by atoms with Crippen molar-refractivity contribution in [1.29, 1.82) is 0 Å². The molecule has 0 bridgehead atoms. The highest BCUT2D eigenvalue weighted by Crippen LogP contribution is 2.09. The van der Waals surface area contributed by atoms with Gasteiger partial charge in [-0.1, -0.05) is 0 Å². The SMILES string of the molecule is O=C(O)/C=C/C(=O)NCC(F)(F)CO. The van der Waals surface area contributed by atoms with Crippen LogP contribution in [0.2, 0.25) is 0 Å². The number of hydrogen-bond donors (Lipinski definition) is 3. The molecule has 0 fully saturated rings. The Morgan fingerprint density at radius 3 is 2.36 bits per heavy atom. The third kappa shape index (κ3) is 6.06. The van der Waals surface area contributed by atoms with Crippen LogP contribution in [0.1, 0.15) is 0 Å². The number of carbonyl (C=O) groups is 2. The monoisotopic (exact) mass is 209 g/mol. The van der Waals surface area contributed by atoms with Crippen molar-refractivity contribution in [2.75, 3.05) is 13.2 Å². The van der Waals surface area contributed by atoms with Gasteiger partial charge in [0.05, 0.1) is 6.54 Å². The zero-order valence-corrected chi connectivity index (χ0v) is 7.04. The van der Waals surface area contributed by atoms with E-state index in [9.17, 15) is 18.4 Å². The van der Waals surface area contributed by atoms with Crippen molar-refractivity contribution < 1.29 is 28.6 Å². The Hall–Kier alpha value is -1.50. The van der Waals surface area contributed by atoms with Crippen LogP contribution in [0.5, 0.6) is 0 Å². The molecule has 0 aliphatic carbocycles. The van der Waals surface area contributed by atoms with E-state index in [-0.39, 0.29) is 0 Å². The highest BCUT2D eigenvalue weighted by atomic mass is 19.3. The molecule has 0 aliphatic rings. The van der Waals surface area contributed by atoms with Gasteiger partial charge in [-0.2, -0.15) is 0 Å². The molecule has 0 radical (unpaired) electrons. The molecule has 0 saturated carbocycles. The Balaban J connectivity index is 3.92. The molecule has 7 heteroatoms. The normalized spacial score (nSPS) is 11.6. The Morgan fingerprint density at radius 1 is 1.36 bits per heavy atom. The maximum absolute atomic E-state index is 12.3. The summed E-state index contributed by atoms with van der Waals surface area (Å²) in [4.78, 5) is 20.5. The molecule has 1 amide bonds. The Morgan fingerprint density at radius 2 is 1.93 bits per heavy atom. The fraction of sp³-hybridized carbons (Fsp3) is 0.429. The lowest BCUT2D eigenvalue weighted by atomic mass is 10.3. The highest BCUT2D eigenvalue weighted by molar-refractivity contribution is 5.93. The van der Waals surface area contributed by atoms with Gasteiger partial charge in [-0.25, -0.2) is 13.6 Å². The molecule has 0 atom stereocenters. The van der Waals surface area contributed by atoms with Crippen LogP contribution >= 0.6 is 0 Å².